The van der Waals surface area contributed by atoms with Gasteiger partial charge in [-0.05, 0) is 6.92 Å². The van der Waals surface area contributed by atoms with Crippen LogP contribution in [0.4, 0.5) is 0 Å². The summed E-state index contributed by atoms with van der Waals surface area (Å²) in [4.78, 5) is 23.6. The number of rotatable bonds is 6. The van der Waals surface area contributed by atoms with Gasteiger partial charge in [-0.1, -0.05) is 30.3 Å². The lowest BCUT2D eigenvalue weighted by Gasteiger charge is -2.03. The molecular formula is C15H17N2O3+. The molecule has 1 aromatic heterocycles. The molecule has 0 fully saturated rings. The molecule has 0 saturated carbocycles. The van der Waals surface area contributed by atoms with Gasteiger partial charge in [0.1, 0.15) is 0 Å². The van der Waals surface area contributed by atoms with Crippen LogP contribution in [0.5, 0.6) is 0 Å². The second kappa shape index (κ2) is 6.65. The molecule has 5 heteroatoms. The topological polar surface area (TPSA) is 52.2 Å². The van der Waals surface area contributed by atoms with Crippen molar-refractivity contribution in [2.45, 2.75) is 20.0 Å². The van der Waals surface area contributed by atoms with Crippen LogP contribution in [0.25, 0.3) is 0 Å². The summed E-state index contributed by atoms with van der Waals surface area (Å²) in [6.45, 7) is 2.41. The van der Waals surface area contributed by atoms with Crippen LogP contribution >= 0.6 is 0 Å². The van der Waals surface area contributed by atoms with E-state index in [-0.39, 0.29) is 24.8 Å². The van der Waals surface area contributed by atoms with Crippen molar-refractivity contribution in [2.75, 3.05) is 6.61 Å². The quantitative estimate of drug-likeness (QED) is 0.452. The summed E-state index contributed by atoms with van der Waals surface area (Å²) in [5.41, 5.74) is 0.656. The van der Waals surface area contributed by atoms with Crippen LogP contribution in [0.1, 0.15) is 17.3 Å². The third-order valence-electron chi connectivity index (χ3n) is 2.84. The van der Waals surface area contributed by atoms with Gasteiger partial charge in [-0.25, -0.2) is 4.79 Å². The number of nitrogens with zero attached hydrogens (tertiary/aromatic N) is 2. The Morgan fingerprint density at radius 1 is 1.20 bits per heavy atom. The molecule has 0 radical (unpaired) electrons. The monoisotopic (exact) mass is 273 g/mol. The van der Waals surface area contributed by atoms with E-state index < -0.39 is 0 Å². The SMILES string of the molecule is CCOC(=O)Cn1ccc[n+]1CC(=O)c1ccccc1. The molecule has 5 nitrogen and oxygen atoms in total. The first-order chi connectivity index (χ1) is 9.70. The number of hydrogen-bond acceptors (Lipinski definition) is 3. The van der Waals surface area contributed by atoms with Gasteiger partial charge in [-0.2, -0.15) is 0 Å². The first-order valence-corrected chi connectivity index (χ1v) is 6.49. The summed E-state index contributed by atoms with van der Waals surface area (Å²) in [6, 6.07) is 10.9. The Kier molecular flexibility index (Phi) is 4.65. The Hall–Kier alpha value is -2.43. The van der Waals surface area contributed by atoms with Gasteiger partial charge in [-0.15, -0.1) is 9.36 Å². The van der Waals surface area contributed by atoms with Crippen molar-refractivity contribution in [1.82, 2.24) is 4.68 Å². The molecule has 2 aromatic rings. The van der Waals surface area contributed by atoms with Gasteiger partial charge in [0.05, 0.1) is 12.8 Å². The largest absolute Gasteiger partial charge is 0.464 e. The van der Waals surface area contributed by atoms with E-state index in [1.165, 1.54) is 0 Å². The molecule has 0 aliphatic rings. The number of carbonyl (C=O) groups is 2. The number of esters is 1. The third-order valence-corrected chi connectivity index (χ3v) is 2.84. The van der Waals surface area contributed by atoms with Crippen LogP contribution in [0.2, 0.25) is 0 Å². The Morgan fingerprint density at radius 2 is 1.95 bits per heavy atom. The minimum atomic E-state index is -0.315. The van der Waals surface area contributed by atoms with E-state index in [0.29, 0.717) is 12.2 Å². The van der Waals surface area contributed by atoms with Gasteiger partial charge in [0.25, 0.3) is 0 Å². The van der Waals surface area contributed by atoms with E-state index >= 15 is 0 Å². The maximum Gasteiger partial charge on any atom is 0.331 e. The summed E-state index contributed by atoms with van der Waals surface area (Å²) in [5.74, 6) is -0.316. The van der Waals surface area contributed by atoms with Gasteiger partial charge in [0.15, 0.2) is 12.7 Å². The van der Waals surface area contributed by atoms with Crippen LogP contribution in [-0.2, 0) is 22.6 Å². The van der Waals surface area contributed by atoms with E-state index in [1.54, 1.807) is 46.9 Å². The summed E-state index contributed by atoms with van der Waals surface area (Å²) in [6.07, 6.45) is 3.51. The van der Waals surface area contributed by atoms with Crippen LogP contribution in [0, 0.1) is 0 Å². The standard InChI is InChI=1S/C15H17N2O3/c1-2-20-15(19)12-17-10-6-9-16(17)11-14(18)13-7-4-3-5-8-13/h3-10H,2,11-12H2,1H3/q+1. The molecule has 0 aliphatic heterocycles. The number of Topliss-reactive ketones (excluding diaryl/α,β-unsaturated/α-hetero) is 1. The number of hydrogen-bond donors (Lipinski definition) is 0. The van der Waals surface area contributed by atoms with Crippen LogP contribution in [0.15, 0.2) is 48.8 Å². The lowest BCUT2D eigenvalue weighted by Crippen LogP contribution is -2.46. The molecule has 0 saturated heterocycles. The molecule has 0 spiro atoms. The molecule has 104 valence electrons. The minimum Gasteiger partial charge on any atom is -0.464 e. The summed E-state index contributed by atoms with van der Waals surface area (Å²) in [5, 5.41) is 0. The second-order valence-corrected chi connectivity index (χ2v) is 4.28. The highest BCUT2D eigenvalue weighted by Crippen LogP contribution is 2.00. The molecule has 0 atom stereocenters. The van der Waals surface area contributed by atoms with Gasteiger partial charge in [0, 0.05) is 11.6 Å². The fourth-order valence-corrected chi connectivity index (χ4v) is 1.90. The normalized spacial score (nSPS) is 10.2. The predicted octanol–water partition coefficient (Wildman–Crippen LogP) is 1.22. The summed E-state index contributed by atoms with van der Waals surface area (Å²) < 4.78 is 8.27. The van der Waals surface area contributed by atoms with E-state index in [4.69, 9.17) is 4.74 Å². The van der Waals surface area contributed by atoms with E-state index in [0.717, 1.165) is 0 Å². The fraction of sp³-hybridized carbons (Fsp3) is 0.267. The molecule has 0 unspecified atom stereocenters. The fourth-order valence-electron chi connectivity index (χ4n) is 1.90. The number of aromatic nitrogens is 2. The van der Waals surface area contributed by atoms with E-state index in [1.807, 2.05) is 18.2 Å². The molecule has 0 aliphatic carbocycles. The van der Waals surface area contributed by atoms with Crippen molar-refractivity contribution in [1.29, 1.82) is 0 Å². The Bertz CT molecular complexity index is 590. The summed E-state index contributed by atoms with van der Waals surface area (Å²) >= 11 is 0. The Labute approximate surface area is 117 Å². The third kappa shape index (κ3) is 3.54. The minimum absolute atomic E-state index is 0.000547. The zero-order chi connectivity index (χ0) is 14.4. The van der Waals surface area contributed by atoms with Crippen LogP contribution in [-0.4, -0.2) is 23.0 Å². The van der Waals surface area contributed by atoms with E-state index in [9.17, 15) is 9.59 Å². The molecular weight excluding hydrogens is 256 g/mol. The lowest BCUT2D eigenvalue weighted by molar-refractivity contribution is -0.762. The highest BCUT2D eigenvalue weighted by atomic mass is 16.5. The second-order valence-electron chi connectivity index (χ2n) is 4.28. The van der Waals surface area contributed by atoms with Crippen molar-refractivity contribution in [3.63, 3.8) is 0 Å². The smallest absolute Gasteiger partial charge is 0.331 e. The van der Waals surface area contributed by atoms with Gasteiger partial charge >= 0.3 is 5.97 Å². The molecule has 1 aromatic carbocycles. The number of benzene rings is 1. The maximum atomic E-state index is 12.1. The average Bonchev–Trinajstić information content (AvgIpc) is 2.87. The Balaban J connectivity index is 2.05. The number of ketones is 1. The zero-order valence-corrected chi connectivity index (χ0v) is 11.4. The van der Waals surface area contributed by atoms with Crippen molar-refractivity contribution in [2.24, 2.45) is 0 Å². The maximum absolute atomic E-state index is 12.1. The van der Waals surface area contributed by atoms with Crippen molar-refractivity contribution in [3.05, 3.63) is 54.4 Å². The molecule has 0 N–H and O–H groups in total. The molecule has 2 rings (SSSR count). The van der Waals surface area contributed by atoms with Gasteiger partial charge in [-0.3, -0.25) is 4.79 Å². The van der Waals surface area contributed by atoms with E-state index in [2.05, 4.69) is 0 Å². The Morgan fingerprint density at radius 3 is 2.65 bits per heavy atom. The lowest BCUT2D eigenvalue weighted by atomic mass is 10.1. The van der Waals surface area contributed by atoms with Gasteiger partial charge < -0.3 is 4.74 Å². The number of ether oxygens (including phenoxy) is 1. The van der Waals surface area contributed by atoms with Gasteiger partial charge in [0.2, 0.25) is 12.3 Å². The van der Waals surface area contributed by atoms with Crippen LogP contribution < -0.4 is 4.68 Å². The van der Waals surface area contributed by atoms with Crippen molar-refractivity contribution in [3.8, 4) is 0 Å². The molecule has 1 heterocycles. The molecule has 20 heavy (non-hydrogen) atoms. The zero-order valence-electron chi connectivity index (χ0n) is 11.4. The first-order valence-electron chi connectivity index (χ1n) is 6.49. The highest BCUT2D eigenvalue weighted by molar-refractivity contribution is 5.94. The molecule has 0 bridgehead atoms. The molecule has 0 amide bonds. The predicted molar refractivity (Wildman–Crippen MR) is 72.0 cm³/mol. The van der Waals surface area contributed by atoms with Crippen LogP contribution in [0.3, 0.4) is 0 Å². The highest BCUT2D eigenvalue weighted by Gasteiger charge is 2.17. The number of carbonyl (C=O) groups excluding carboxylic acids is 2. The first kappa shape index (κ1) is 14.0. The van der Waals surface area contributed by atoms with Crippen molar-refractivity contribution < 1.29 is 19.0 Å². The summed E-state index contributed by atoms with van der Waals surface area (Å²) in [7, 11) is 0. The van der Waals surface area contributed by atoms with Crippen molar-refractivity contribution >= 4 is 11.8 Å². The average molecular weight is 273 g/mol.